The lowest BCUT2D eigenvalue weighted by molar-refractivity contribution is 1.05. The van der Waals surface area contributed by atoms with Crippen molar-refractivity contribution in [2.75, 3.05) is 5.32 Å². The number of hydrogen-bond acceptors (Lipinski definition) is 4. The van der Waals surface area contributed by atoms with Crippen molar-refractivity contribution < 1.29 is 0 Å². The van der Waals surface area contributed by atoms with Crippen LogP contribution in [-0.4, -0.2) is 12.4 Å². The fourth-order valence-electron chi connectivity index (χ4n) is 1.74. The van der Waals surface area contributed by atoms with Crippen LogP contribution in [0.15, 0.2) is 70.3 Å². The molecular formula is C14H12N4. The second-order valence-electron chi connectivity index (χ2n) is 3.86. The largest absolute Gasteiger partial charge is 0.359 e. The minimum atomic E-state index is 0.815. The molecular weight excluding hydrogens is 224 g/mol. The minimum absolute atomic E-state index is 0.815. The summed E-state index contributed by atoms with van der Waals surface area (Å²) in [6.07, 6.45) is 10.9. The lowest BCUT2D eigenvalue weighted by Crippen LogP contribution is -2.06. The summed E-state index contributed by atoms with van der Waals surface area (Å²) < 4.78 is 0. The molecule has 0 atom stereocenters. The van der Waals surface area contributed by atoms with Crippen molar-refractivity contribution in [2.24, 2.45) is 9.98 Å². The molecule has 0 amide bonds. The molecule has 1 aromatic carbocycles. The zero-order valence-corrected chi connectivity index (χ0v) is 9.67. The number of benzene rings is 1. The van der Waals surface area contributed by atoms with Gasteiger partial charge in [-0.25, -0.2) is 0 Å². The number of fused-ring (bicyclic) bond motifs is 1. The Balaban J connectivity index is 1.93. The number of hydrogen-bond donors (Lipinski definition) is 2. The molecule has 0 saturated heterocycles. The highest BCUT2D eigenvalue weighted by Crippen LogP contribution is 2.19. The van der Waals surface area contributed by atoms with Gasteiger partial charge in [-0.05, 0) is 12.1 Å². The summed E-state index contributed by atoms with van der Waals surface area (Å²) in [6, 6.07) is 8.03. The number of nitrogens with zero attached hydrogens (tertiary/aromatic N) is 2. The van der Waals surface area contributed by atoms with Crippen LogP contribution in [0.1, 0.15) is 5.56 Å². The minimum Gasteiger partial charge on any atom is -0.359 e. The Bertz CT molecular complexity index is 606. The van der Waals surface area contributed by atoms with Gasteiger partial charge < -0.3 is 10.6 Å². The SMILES string of the molecule is C1=CNC(C2=CNc3ccccc3C=N2)=CN=C1. The predicted molar refractivity (Wildman–Crippen MR) is 74.6 cm³/mol. The molecule has 1 aromatic rings. The van der Waals surface area contributed by atoms with E-state index in [1.165, 1.54) is 0 Å². The van der Waals surface area contributed by atoms with E-state index >= 15 is 0 Å². The highest BCUT2D eigenvalue weighted by molar-refractivity contribution is 5.89. The standard InChI is InChI=1S/C14H12N4/c1-2-5-12-11(4-1)8-17-14(10-18-12)13-9-15-6-3-7-16-13/h1-10,16,18H. The van der Waals surface area contributed by atoms with Gasteiger partial charge in [0.05, 0.1) is 11.9 Å². The first-order chi connectivity index (χ1) is 8.93. The third-order valence-electron chi connectivity index (χ3n) is 2.65. The summed E-state index contributed by atoms with van der Waals surface area (Å²) in [5.74, 6) is 0. The maximum atomic E-state index is 4.46. The van der Waals surface area contributed by atoms with Crippen molar-refractivity contribution in [2.45, 2.75) is 0 Å². The van der Waals surface area contributed by atoms with Crippen LogP contribution >= 0.6 is 0 Å². The lowest BCUT2D eigenvalue weighted by Gasteiger charge is -2.05. The van der Waals surface area contributed by atoms with Crippen molar-refractivity contribution in [3.05, 3.63) is 65.9 Å². The van der Waals surface area contributed by atoms with Crippen molar-refractivity contribution in [3.63, 3.8) is 0 Å². The van der Waals surface area contributed by atoms with Gasteiger partial charge in [0, 0.05) is 36.1 Å². The van der Waals surface area contributed by atoms with Crippen molar-refractivity contribution in [1.29, 1.82) is 0 Å². The molecule has 2 heterocycles. The fraction of sp³-hybridized carbons (Fsp3) is 0. The molecule has 3 rings (SSSR count). The Hall–Kier alpha value is -2.62. The number of anilines is 1. The Labute approximate surface area is 105 Å². The van der Waals surface area contributed by atoms with Gasteiger partial charge in [0.1, 0.15) is 5.70 Å². The molecule has 0 spiro atoms. The van der Waals surface area contributed by atoms with Gasteiger partial charge in [-0.2, -0.15) is 0 Å². The first-order valence-corrected chi connectivity index (χ1v) is 5.69. The third kappa shape index (κ3) is 2.08. The number of nitrogens with one attached hydrogen (secondary N) is 2. The van der Waals surface area contributed by atoms with Gasteiger partial charge in [-0.15, -0.1) is 0 Å². The second-order valence-corrected chi connectivity index (χ2v) is 3.86. The molecule has 88 valence electrons. The second kappa shape index (κ2) is 4.71. The Kier molecular flexibility index (Phi) is 2.75. The number of rotatable bonds is 1. The molecule has 4 heteroatoms. The van der Waals surface area contributed by atoms with Crippen molar-refractivity contribution >= 4 is 18.1 Å². The predicted octanol–water partition coefficient (Wildman–Crippen LogP) is 2.40. The molecule has 0 bridgehead atoms. The molecule has 0 fully saturated rings. The van der Waals surface area contributed by atoms with E-state index in [0.717, 1.165) is 22.6 Å². The Morgan fingerprint density at radius 2 is 2.00 bits per heavy atom. The number of allylic oxidation sites excluding steroid dienone is 1. The molecule has 18 heavy (non-hydrogen) atoms. The molecule has 2 aliphatic rings. The normalized spacial score (nSPS) is 16.7. The fourth-order valence-corrected chi connectivity index (χ4v) is 1.74. The summed E-state index contributed by atoms with van der Waals surface area (Å²) in [5, 5.41) is 6.39. The van der Waals surface area contributed by atoms with Crippen LogP contribution in [0.3, 0.4) is 0 Å². The molecule has 2 N–H and O–H groups in total. The van der Waals surface area contributed by atoms with E-state index in [1.807, 2.05) is 49.0 Å². The Morgan fingerprint density at radius 3 is 3.00 bits per heavy atom. The molecule has 0 aliphatic carbocycles. The van der Waals surface area contributed by atoms with Crippen LogP contribution in [0.2, 0.25) is 0 Å². The van der Waals surface area contributed by atoms with Crippen molar-refractivity contribution in [3.8, 4) is 0 Å². The number of para-hydroxylation sites is 1. The van der Waals surface area contributed by atoms with Gasteiger partial charge in [-0.3, -0.25) is 9.98 Å². The highest BCUT2D eigenvalue weighted by atomic mass is 15.0. The Morgan fingerprint density at radius 1 is 1.06 bits per heavy atom. The van der Waals surface area contributed by atoms with Crippen LogP contribution < -0.4 is 10.6 Å². The summed E-state index contributed by atoms with van der Waals surface area (Å²) in [4.78, 5) is 8.59. The summed E-state index contributed by atoms with van der Waals surface area (Å²) >= 11 is 0. The van der Waals surface area contributed by atoms with E-state index in [1.54, 1.807) is 12.4 Å². The van der Waals surface area contributed by atoms with Crippen molar-refractivity contribution in [1.82, 2.24) is 5.32 Å². The van der Waals surface area contributed by atoms with E-state index in [4.69, 9.17) is 0 Å². The van der Waals surface area contributed by atoms with Crippen LogP contribution in [0.25, 0.3) is 0 Å². The molecule has 2 aliphatic heterocycles. The summed E-state index contributed by atoms with van der Waals surface area (Å²) in [6.45, 7) is 0. The summed E-state index contributed by atoms with van der Waals surface area (Å²) in [5.41, 5.74) is 3.79. The van der Waals surface area contributed by atoms with Crippen LogP contribution in [0.5, 0.6) is 0 Å². The quantitative estimate of drug-likeness (QED) is 0.786. The zero-order chi connectivity index (χ0) is 12.2. The van der Waals surface area contributed by atoms with E-state index in [-0.39, 0.29) is 0 Å². The van der Waals surface area contributed by atoms with E-state index in [2.05, 4.69) is 20.6 Å². The number of aliphatic imine (C=N–C) groups is 2. The average Bonchev–Trinajstić information content (AvgIpc) is 2.79. The highest BCUT2D eigenvalue weighted by Gasteiger charge is 2.07. The molecule has 0 saturated carbocycles. The van der Waals surface area contributed by atoms with Crippen LogP contribution in [0, 0.1) is 0 Å². The molecule has 0 aromatic heterocycles. The van der Waals surface area contributed by atoms with Crippen LogP contribution in [-0.2, 0) is 0 Å². The van der Waals surface area contributed by atoms with E-state index in [0.29, 0.717) is 0 Å². The van der Waals surface area contributed by atoms with Crippen LogP contribution in [0.4, 0.5) is 5.69 Å². The third-order valence-corrected chi connectivity index (χ3v) is 2.65. The van der Waals surface area contributed by atoms with Gasteiger partial charge >= 0.3 is 0 Å². The van der Waals surface area contributed by atoms with Gasteiger partial charge in [-0.1, -0.05) is 18.2 Å². The summed E-state index contributed by atoms with van der Waals surface area (Å²) in [7, 11) is 0. The first kappa shape index (κ1) is 10.5. The molecule has 0 radical (unpaired) electrons. The lowest BCUT2D eigenvalue weighted by atomic mass is 10.2. The van der Waals surface area contributed by atoms with E-state index < -0.39 is 0 Å². The monoisotopic (exact) mass is 236 g/mol. The maximum Gasteiger partial charge on any atom is 0.104 e. The first-order valence-electron chi connectivity index (χ1n) is 5.69. The van der Waals surface area contributed by atoms with Gasteiger partial charge in [0.2, 0.25) is 0 Å². The zero-order valence-electron chi connectivity index (χ0n) is 9.67. The van der Waals surface area contributed by atoms with E-state index in [9.17, 15) is 0 Å². The smallest absolute Gasteiger partial charge is 0.104 e. The molecule has 4 nitrogen and oxygen atoms in total. The topological polar surface area (TPSA) is 48.8 Å². The molecule has 0 unspecified atom stereocenters. The maximum absolute atomic E-state index is 4.46. The van der Waals surface area contributed by atoms with Gasteiger partial charge in [0.15, 0.2) is 0 Å². The van der Waals surface area contributed by atoms with Gasteiger partial charge in [0.25, 0.3) is 0 Å². The average molecular weight is 236 g/mol.